The highest BCUT2D eigenvalue weighted by Gasteiger charge is 2.22. The average Bonchev–Trinajstić information content (AvgIpc) is 2.61. The van der Waals surface area contributed by atoms with E-state index >= 15 is 0 Å². The van der Waals surface area contributed by atoms with Gasteiger partial charge in [0.1, 0.15) is 0 Å². The highest BCUT2D eigenvalue weighted by molar-refractivity contribution is 5.10. The number of hydrogen-bond donors (Lipinski definition) is 0. The first kappa shape index (κ1) is 19.5. The van der Waals surface area contributed by atoms with Gasteiger partial charge < -0.3 is 4.57 Å². The zero-order valence-electron chi connectivity index (χ0n) is 16.7. The fourth-order valence-corrected chi connectivity index (χ4v) is 3.43. The predicted octanol–water partition coefficient (Wildman–Crippen LogP) is 1.55. The van der Waals surface area contributed by atoms with Crippen molar-refractivity contribution in [2.75, 3.05) is 13.1 Å². The first-order valence-corrected chi connectivity index (χ1v) is 9.55. The van der Waals surface area contributed by atoms with Gasteiger partial charge in [0.05, 0.1) is 17.6 Å². The first-order chi connectivity index (χ1) is 12.7. The number of likely N-dealkylation sites (tertiary alicyclic amines) is 1. The summed E-state index contributed by atoms with van der Waals surface area (Å²) in [4.78, 5) is 30.3. The third kappa shape index (κ3) is 4.71. The van der Waals surface area contributed by atoms with Crippen molar-refractivity contribution in [3.05, 3.63) is 56.6 Å². The van der Waals surface area contributed by atoms with Gasteiger partial charge in [0.2, 0.25) is 0 Å². The zero-order chi connectivity index (χ0) is 19.6. The van der Waals surface area contributed by atoms with Crippen LogP contribution in [0.3, 0.4) is 0 Å². The van der Waals surface area contributed by atoms with Gasteiger partial charge in [-0.1, -0.05) is 20.8 Å². The predicted molar refractivity (Wildman–Crippen MR) is 105 cm³/mol. The summed E-state index contributed by atoms with van der Waals surface area (Å²) in [6, 6.07) is 3.46. The zero-order valence-corrected chi connectivity index (χ0v) is 16.7. The molecule has 1 fully saturated rings. The molecule has 1 aliphatic rings. The van der Waals surface area contributed by atoms with E-state index in [2.05, 4.69) is 35.8 Å². The number of hydrogen-bond acceptors (Lipinski definition) is 5. The topological polar surface area (TPSA) is 73.0 Å². The summed E-state index contributed by atoms with van der Waals surface area (Å²) in [5, 5.41) is 4.59. The van der Waals surface area contributed by atoms with Crippen molar-refractivity contribution in [2.45, 2.75) is 52.1 Å². The third-order valence-corrected chi connectivity index (χ3v) is 5.33. The van der Waals surface area contributed by atoms with E-state index in [9.17, 15) is 9.59 Å². The van der Waals surface area contributed by atoms with Crippen LogP contribution in [0.15, 0.2) is 34.1 Å². The smallest absolute Gasteiger partial charge is 0.268 e. The van der Waals surface area contributed by atoms with Crippen molar-refractivity contribution in [1.82, 2.24) is 24.2 Å². The molecule has 0 amide bonds. The molecule has 0 saturated carbocycles. The van der Waals surface area contributed by atoms with Crippen LogP contribution in [0.25, 0.3) is 0 Å². The number of piperidine rings is 1. The lowest BCUT2D eigenvalue weighted by Crippen LogP contribution is -2.38. The highest BCUT2D eigenvalue weighted by atomic mass is 16.1. The van der Waals surface area contributed by atoms with Gasteiger partial charge in [0.25, 0.3) is 11.1 Å². The van der Waals surface area contributed by atoms with Crippen molar-refractivity contribution < 1.29 is 0 Å². The van der Waals surface area contributed by atoms with Gasteiger partial charge in [-0.15, -0.1) is 0 Å². The van der Waals surface area contributed by atoms with Crippen molar-refractivity contribution in [3.63, 3.8) is 0 Å². The molecule has 0 radical (unpaired) electrons. The molecular formula is C20H29N5O2. The summed E-state index contributed by atoms with van der Waals surface area (Å²) < 4.78 is 3.28. The number of rotatable bonds is 4. The molecule has 0 aromatic carbocycles. The van der Waals surface area contributed by atoms with Crippen LogP contribution in [0.1, 0.15) is 45.0 Å². The van der Waals surface area contributed by atoms with Crippen LogP contribution < -0.4 is 11.1 Å². The van der Waals surface area contributed by atoms with Crippen LogP contribution in [0.5, 0.6) is 0 Å². The van der Waals surface area contributed by atoms with E-state index in [0.717, 1.165) is 43.9 Å². The summed E-state index contributed by atoms with van der Waals surface area (Å²) in [6.45, 7) is 9.60. The molecule has 0 aliphatic carbocycles. The molecule has 3 heterocycles. The Morgan fingerprint density at radius 3 is 2.44 bits per heavy atom. The minimum Gasteiger partial charge on any atom is -0.312 e. The molecule has 0 atom stereocenters. The molecule has 146 valence electrons. The molecule has 0 N–H and O–H groups in total. The van der Waals surface area contributed by atoms with Crippen LogP contribution in [0, 0.1) is 5.92 Å². The van der Waals surface area contributed by atoms with Crippen LogP contribution in [0.2, 0.25) is 0 Å². The van der Waals surface area contributed by atoms with E-state index in [1.165, 1.54) is 6.20 Å². The number of aromatic nitrogens is 4. The normalized spacial score (nSPS) is 16.6. The Labute approximate surface area is 159 Å². The van der Waals surface area contributed by atoms with E-state index in [1.54, 1.807) is 28.6 Å². The minimum atomic E-state index is -0.0773. The largest absolute Gasteiger partial charge is 0.312 e. The molecule has 1 aliphatic heterocycles. The van der Waals surface area contributed by atoms with Crippen LogP contribution in [-0.2, 0) is 25.6 Å². The molecule has 3 rings (SSSR count). The highest BCUT2D eigenvalue weighted by Crippen LogP contribution is 2.21. The van der Waals surface area contributed by atoms with Crippen molar-refractivity contribution in [1.29, 1.82) is 0 Å². The van der Waals surface area contributed by atoms with Gasteiger partial charge in [-0.2, -0.15) is 5.10 Å². The third-order valence-electron chi connectivity index (χ3n) is 5.33. The molecular weight excluding hydrogens is 342 g/mol. The van der Waals surface area contributed by atoms with Gasteiger partial charge in [0, 0.05) is 37.8 Å². The van der Waals surface area contributed by atoms with Crippen molar-refractivity contribution >= 4 is 0 Å². The van der Waals surface area contributed by atoms with Gasteiger partial charge in [-0.25, -0.2) is 4.68 Å². The molecule has 27 heavy (non-hydrogen) atoms. The van der Waals surface area contributed by atoms with Crippen molar-refractivity contribution in [2.24, 2.45) is 13.0 Å². The molecule has 2 aromatic rings. The van der Waals surface area contributed by atoms with Crippen LogP contribution in [0.4, 0.5) is 0 Å². The lowest BCUT2D eigenvalue weighted by Gasteiger charge is -2.32. The molecule has 0 unspecified atom stereocenters. The Hall–Kier alpha value is -2.28. The molecule has 7 heteroatoms. The first-order valence-electron chi connectivity index (χ1n) is 9.55. The molecule has 1 saturated heterocycles. The monoisotopic (exact) mass is 371 g/mol. The second-order valence-electron chi connectivity index (χ2n) is 8.50. The van der Waals surface area contributed by atoms with Gasteiger partial charge >= 0.3 is 0 Å². The summed E-state index contributed by atoms with van der Waals surface area (Å²) >= 11 is 0. The molecule has 0 bridgehead atoms. The quantitative estimate of drug-likeness (QED) is 0.815. The SMILES string of the molecule is Cn1c(CN2CCC(Cn3nc(C(C)(C)C)ccc3=O)CC2)cncc1=O. The number of nitrogens with zero attached hydrogens (tertiary/aromatic N) is 5. The van der Waals surface area contributed by atoms with Crippen molar-refractivity contribution in [3.8, 4) is 0 Å². The van der Waals surface area contributed by atoms with E-state index in [1.807, 2.05) is 6.07 Å². The second-order valence-corrected chi connectivity index (χ2v) is 8.50. The van der Waals surface area contributed by atoms with Crippen LogP contribution >= 0.6 is 0 Å². The lowest BCUT2D eigenvalue weighted by molar-refractivity contribution is 0.160. The van der Waals surface area contributed by atoms with E-state index in [0.29, 0.717) is 12.5 Å². The second kappa shape index (κ2) is 7.76. The molecule has 2 aromatic heterocycles. The van der Waals surface area contributed by atoms with E-state index in [4.69, 9.17) is 0 Å². The average molecular weight is 371 g/mol. The van der Waals surface area contributed by atoms with E-state index in [-0.39, 0.29) is 16.5 Å². The fraction of sp³-hybridized carbons (Fsp3) is 0.600. The fourth-order valence-electron chi connectivity index (χ4n) is 3.43. The summed E-state index contributed by atoms with van der Waals surface area (Å²) in [5.74, 6) is 0.444. The Bertz CT molecular complexity index is 902. The minimum absolute atomic E-state index is 0.0317. The maximum absolute atomic E-state index is 12.2. The van der Waals surface area contributed by atoms with E-state index < -0.39 is 0 Å². The van der Waals surface area contributed by atoms with Crippen LogP contribution in [-0.4, -0.2) is 37.3 Å². The van der Waals surface area contributed by atoms with Gasteiger partial charge in [-0.05, 0) is 37.9 Å². The van der Waals surface area contributed by atoms with Gasteiger partial charge in [0.15, 0.2) is 0 Å². The Morgan fingerprint density at radius 2 is 1.78 bits per heavy atom. The Balaban J connectivity index is 1.61. The summed E-state index contributed by atoms with van der Waals surface area (Å²) in [7, 11) is 1.78. The summed E-state index contributed by atoms with van der Waals surface area (Å²) in [5.41, 5.74) is 1.69. The standard InChI is InChI=1S/C20H29N5O2/c1-20(2,3)17-5-6-18(26)25(22-17)13-15-7-9-24(10-8-15)14-16-11-21-12-19(27)23(16)4/h5-6,11-12,15H,7-10,13-14H2,1-4H3. The Morgan fingerprint density at radius 1 is 1.07 bits per heavy atom. The lowest BCUT2D eigenvalue weighted by atomic mass is 9.92. The van der Waals surface area contributed by atoms with Gasteiger partial charge in [-0.3, -0.25) is 19.5 Å². The maximum atomic E-state index is 12.2. The Kier molecular flexibility index (Phi) is 5.60. The summed E-state index contributed by atoms with van der Waals surface area (Å²) in [6.07, 6.45) is 5.13. The molecule has 7 nitrogen and oxygen atoms in total. The maximum Gasteiger partial charge on any atom is 0.268 e. The molecule has 0 spiro atoms.